The third-order valence-electron chi connectivity index (χ3n) is 3.70. The largest absolute Gasteiger partial charge is 0.472 e. The Balaban J connectivity index is 1.88. The molecule has 3 aromatic heterocycles. The van der Waals surface area contributed by atoms with Crippen LogP contribution in [0.4, 0.5) is 20.4 Å². The van der Waals surface area contributed by atoms with Crippen LogP contribution in [0.15, 0.2) is 28.4 Å². The van der Waals surface area contributed by atoms with Gasteiger partial charge in [-0.3, -0.25) is 0 Å². The summed E-state index contributed by atoms with van der Waals surface area (Å²) in [6.45, 7) is -0.117. The number of hydrogen-bond acceptors (Lipinski definition) is 6. The number of furan rings is 1. The molecule has 1 saturated heterocycles. The van der Waals surface area contributed by atoms with E-state index in [0.29, 0.717) is 22.2 Å². The molecule has 0 amide bonds. The van der Waals surface area contributed by atoms with E-state index in [4.69, 9.17) is 10.2 Å². The van der Waals surface area contributed by atoms with Crippen molar-refractivity contribution >= 4 is 33.2 Å². The lowest BCUT2D eigenvalue weighted by Gasteiger charge is -2.16. The number of nitrogens with two attached hydrogens (primary N) is 1. The van der Waals surface area contributed by atoms with Gasteiger partial charge in [0.15, 0.2) is 0 Å². The summed E-state index contributed by atoms with van der Waals surface area (Å²) in [5.41, 5.74) is 7.94. The molecule has 114 valence electrons. The van der Waals surface area contributed by atoms with Crippen LogP contribution in [0, 0.1) is 0 Å². The SMILES string of the molecule is Nc1csc2nc(N3CCC(F)(F)C3)nc(-c3ccoc3)c12. The summed E-state index contributed by atoms with van der Waals surface area (Å²) in [6, 6.07) is 1.77. The highest BCUT2D eigenvalue weighted by Crippen LogP contribution is 2.37. The molecule has 1 aliphatic rings. The smallest absolute Gasteiger partial charge is 0.267 e. The Hall–Kier alpha value is -2.22. The van der Waals surface area contributed by atoms with Crippen LogP contribution in [-0.4, -0.2) is 29.0 Å². The van der Waals surface area contributed by atoms with Crippen LogP contribution in [0.3, 0.4) is 0 Å². The van der Waals surface area contributed by atoms with Crippen LogP contribution in [0.1, 0.15) is 6.42 Å². The quantitative estimate of drug-likeness (QED) is 0.783. The summed E-state index contributed by atoms with van der Waals surface area (Å²) >= 11 is 1.38. The molecule has 2 N–H and O–H groups in total. The maximum atomic E-state index is 13.4. The second kappa shape index (κ2) is 4.64. The van der Waals surface area contributed by atoms with E-state index in [9.17, 15) is 8.78 Å². The summed E-state index contributed by atoms with van der Waals surface area (Å²) in [5.74, 6) is -2.38. The number of rotatable bonds is 2. The van der Waals surface area contributed by atoms with Gasteiger partial charge < -0.3 is 15.1 Å². The number of hydrogen-bond donors (Lipinski definition) is 1. The van der Waals surface area contributed by atoms with Gasteiger partial charge in [0.25, 0.3) is 5.92 Å². The number of nitrogens with zero attached hydrogens (tertiary/aromatic N) is 3. The third-order valence-corrected chi connectivity index (χ3v) is 4.59. The fourth-order valence-electron chi connectivity index (χ4n) is 2.61. The highest BCUT2D eigenvalue weighted by atomic mass is 32.1. The Kier molecular flexibility index (Phi) is 2.83. The van der Waals surface area contributed by atoms with E-state index in [-0.39, 0.29) is 19.5 Å². The summed E-state index contributed by atoms with van der Waals surface area (Å²) < 4.78 is 32.0. The number of nitrogen functional groups attached to an aromatic ring is 1. The van der Waals surface area contributed by atoms with Gasteiger partial charge in [0.2, 0.25) is 5.95 Å². The highest BCUT2D eigenvalue weighted by Gasteiger charge is 2.39. The fraction of sp³-hybridized carbons (Fsp3) is 0.286. The van der Waals surface area contributed by atoms with E-state index in [2.05, 4.69) is 9.97 Å². The molecular formula is C14H12F2N4OS. The molecule has 4 heterocycles. The standard InChI is InChI=1S/C14H12F2N4OS/c15-14(16)2-3-20(7-14)13-18-11(8-1-4-21-5-8)10-9(17)6-22-12(10)19-13/h1,4-6H,2-3,7,17H2. The number of halogens is 2. The Morgan fingerprint density at radius 2 is 2.23 bits per heavy atom. The lowest BCUT2D eigenvalue weighted by molar-refractivity contribution is 0.0256. The molecular weight excluding hydrogens is 310 g/mol. The van der Waals surface area contributed by atoms with Crippen molar-refractivity contribution in [3.63, 3.8) is 0 Å². The van der Waals surface area contributed by atoms with Gasteiger partial charge >= 0.3 is 0 Å². The molecule has 8 heteroatoms. The van der Waals surface area contributed by atoms with E-state index >= 15 is 0 Å². The van der Waals surface area contributed by atoms with Crippen molar-refractivity contribution in [1.29, 1.82) is 0 Å². The Morgan fingerprint density at radius 3 is 2.91 bits per heavy atom. The second-order valence-electron chi connectivity index (χ2n) is 5.28. The molecule has 0 bridgehead atoms. The number of alkyl halides is 2. The predicted molar refractivity (Wildman–Crippen MR) is 81.3 cm³/mol. The minimum Gasteiger partial charge on any atom is -0.472 e. The van der Waals surface area contributed by atoms with Crippen molar-refractivity contribution in [1.82, 2.24) is 9.97 Å². The van der Waals surface area contributed by atoms with E-state index in [1.165, 1.54) is 22.5 Å². The molecule has 0 aliphatic carbocycles. The van der Waals surface area contributed by atoms with Crippen molar-refractivity contribution < 1.29 is 13.2 Å². The Morgan fingerprint density at radius 1 is 1.36 bits per heavy atom. The minimum absolute atomic E-state index is 0.179. The minimum atomic E-state index is -2.69. The number of fused-ring (bicyclic) bond motifs is 1. The fourth-order valence-corrected chi connectivity index (χ4v) is 3.43. The molecule has 22 heavy (non-hydrogen) atoms. The zero-order chi connectivity index (χ0) is 15.3. The van der Waals surface area contributed by atoms with Crippen molar-refractivity contribution in [3.05, 3.63) is 24.0 Å². The monoisotopic (exact) mass is 322 g/mol. The second-order valence-corrected chi connectivity index (χ2v) is 6.14. The number of aromatic nitrogens is 2. The molecule has 0 spiro atoms. The molecule has 0 aromatic carbocycles. The zero-order valence-corrected chi connectivity index (χ0v) is 12.2. The maximum absolute atomic E-state index is 13.4. The van der Waals surface area contributed by atoms with Gasteiger partial charge in [-0.1, -0.05) is 0 Å². The lowest BCUT2D eigenvalue weighted by atomic mass is 10.1. The summed E-state index contributed by atoms with van der Waals surface area (Å²) in [4.78, 5) is 11.1. The zero-order valence-electron chi connectivity index (χ0n) is 11.4. The molecule has 0 atom stereocenters. The van der Waals surface area contributed by atoms with Crippen molar-refractivity contribution in [2.75, 3.05) is 23.7 Å². The highest BCUT2D eigenvalue weighted by molar-refractivity contribution is 7.17. The van der Waals surface area contributed by atoms with E-state index in [1.807, 2.05) is 0 Å². The first-order chi connectivity index (χ1) is 10.5. The van der Waals surface area contributed by atoms with Gasteiger partial charge in [-0.15, -0.1) is 11.3 Å². The summed E-state index contributed by atoms with van der Waals surface area (Å²) in [7, 11) is 0. The van der Waals surface area contributed by atoms with Crippen molar-refractivity contribution in [2.24, 2.45) is 0 Å². The number of anilines is 2. The first-order valence-electron chi connectivity index (χ1n) is 6.73. The normalized spacial score (nSPS) is 17.5. The Bertz CT molecular complexity index is 831. The van der Waals surface area contributed by atoms with Crippen LogP contribution in [0.5, 0.6) is 0 Å². The molecule has 4 rings (SSSR count). The van der Waals surface area contributed by atoms with Gasteiger partial charge in [-0.2, -0.15) is 0 Å². The topological polar surface area (TPSA) is 68.2 Å². The van der Waals surface area contributed by atoms with Crippen molar-refractivity contribution in [3.8, 4) is 11.3 Å². The van der Waals surface area contributed by atoms with Gasteiger partial charge in [0, 0.05) is 23.9 Å². The maximum Gasteiger partial charge on any atom is 0.267 e. The lowest BCUT2D eigenvalue weighted by Crippen LogP contribution is -2.26. The first-order valence-corrected chi connectivity index (χ1v) is 7.61. The van der Waals surface area contributed by atoms with Gasteiger partial charge in [-0.25, -0.2) is 18.7 Å². The molecule has 1 aliphatic heterocycles. The molecule has 1 fully saturated rings. The molecule has 5 nitrogen and oxygen atoms in total. The van der Waals surface area contributed by atoms with Crippen LogP contribution in [0.2, 0.25) is 0 Å². The average Bonchev–Trinajstić information content (AvgIpc) is 3.19. The van der Waals surface area contributed by atoms with Gasteiger partial charge in [-0.05, 0) is 6.07 Å². The predicted octanol–water partition coefficient (Wildman–Crippen LogP) is 3.38. The van der Waals surface area contributed by atoms with Gasteiger partial charge in [0.1, 0.15) is 4.83 Å². The molecule has 0 radical (unpaired) electrons. The number of thiophene rings is 1. The van der Waals surface area contributed by atoms with Crippen molar-refractivity contribution in [2.45, 2.75) is 12.3 Å². The van der Waals surface area contributed by atoms with Gasteiger partial charge in [0.05, 0.1) is 35.8 Å². The molecule has 0 unspecified atom stereocenters. The van der Waals surface area contributed by atoms with Crippen LogP contribution < -0.4 is 10.6 Å². The van der Waals surface area contributed by atoms with Crippen LogP contribution >= 0.6 is 11.3 Å². The van der Waals surface area contributed by atoms with Crippen LogP contribution in [0.25, 0.3) is 21.5 Å². The average molecular weight is 322 g/mol. The van der Waals surface area contributed by atoms with E-state index in [0.717, 1.165) is 10.9 Å². The van der Waals surface area contributed by atoms with E-state index in [1.54, 1.807) is 17.7 Å². The summed E-state index contributed by atoms with van der Waals surface area (Å²) in [6.07, 6.45) is 2.92. The Labute approximate surface area is 128 Å². The summed E-state index contributed by atoms with van der Waals surface area (Å²) in [5, 5.41) is 2.52. The van der Waals surface area contributed by atoms with E-state index < -0.39 is 5.92 Å². The molecule has 3 aromatic rings. The first kappa shape index (κ1) is 13.4. The third kappa shape index (κ3) is 2.10. The van der Waals surface area contributed by atoms with Crippen LogP contribution in [-0.2, 0) is 0 Å². The molecule has 0 saturated carbocycles.